The highest BCUT2D eigenvalue weighted by Crippen LogP contribution is 2.31. The molecule has 0 fully saturated rings. The maximum atomic E-state index is 14.6. The summed E-state index contributed by atoms with van der Waals surface area (Å²) in [6, 6.07) is 27.4. The highest BCUT2D eigenvalue weighted by atomic mass is 79.9. The molecule has 0 aliphatic heterocycles. The van der Waals surface area contributed by atoms with Gasteiger partial charge in [0, 0.05) is 28.5 Å². The number of nitrogens with one attached hydrogen (secondary N) is 1. The van der Waals surface area contributed by atoms with Gasteiger partial charge in [0.15, 0.2) is 0 Å². The predicted octanol–water partition coefficient (Wildman–Crippen LogP) is 7.47. The first kappa shape index (κ1) is 35.2. The standard InChI is InChI=1S/C36H39BrClN3O4S/c1-5-26(3)39-36(43)34(22-28-10-7-6-8-11-28)40(23-29-16-18-30(37)19-17-29)35(42)24-41(33-13-9-12-32(38)27(33)4)46(44,45)31-20-14-25(2)15-21-31/h6-21,26,34H,5,22-24H2,1-4H3,(H,39,43). The van der Waals surface area contributed by atoms with Gasteiger partial charge in [-0.2, -0.15) is 0 Å². The molecule has 0 aromatic heterocycles. The van der Waals surface area contributed by atoms with Gasteiger partial charge in [-0.1, -0.05) is 101 Å². The number of carbonyl (C=O) groups is 2. The van der Waals surface area contributed by atoms with Crippen molar-refractivity contribution in [1.82, 2.24) is 10.2 Å². The Morgan fingerprint density at radius 3 is 2.15 bits per heavy atom. The van der Waals surface area contributed by atoms with Crippen molar-refractivity contribution in [3.05, 3.63) is 129 Å². The van der Waals surface area contributed by atoms with Crippen molar-refractivity contribution in [2.24, 2.45) is 0 Å². The summed E-state index contributed by atoms with van der Waals surface area (Å²) < 4.78 is 30.5. The van der Waals surface area contributed by atoms with Crippen molar-refractivity contribution in [3.63, 3.8) is 0 Å². The van der Waals surface area contributed by atoms with Crippen LogP contribution in [-0.2, 0) is 32.6 Å². The van der Waals surface area contributed by atoms with Gasteiger partial charge in [-0.3, -0.25) is 13.9 Å². The minimum Gasteiger partial charge on any atom is -0.352 e. The normalized spacial score (nSPS) is 12.7. The molecular formula is C36H39BrClN3O4S. The smallest absolute Gasteiger partial charge is 0.264 e. The molecule has 0 heterocycles. The fraction of sp³-hybridized carbons (Fsp3) is 0.278. The third kappa shape index (κ3) is 8.78. The Morgan fingerprint density at radius 2 is 1.52 bits per heavy atom. The predicted molar refractivity (Wildman–Crippen MR) is 188 cm³/mol. The summed E-state index contributed by atoms with van der Waals surface area (Å²) >= 11 is 9.93. The number of nitrogens with zero attached hydrogens (tertiary/aromatic N) is 2. The Morgan fingerprint density at radius 1 is 0.870 bits per heavy atom. The van der Waals surface area contributed by atoms with Gasteiger partial charge in [-0.15, -0.1) is 0 Å². The molecular weight excluding hydrogens is 686 g/mol. The Bertz CT molecular complexity index is 1750. The molecule has 2 amide bonds. The van der Waals surface area contributed by atoms with Crippen LogP contribution in [0.1, 0.15) is 42.5 Å². The van der Waals surface area contributed by atoms with Gasteiger partial charge in [0.2, 0.25) is 11.8 Å². The summed E-state index contributed by atoms with van der Waals surface area (Å²) in [5.41, 5.74) is 3.36. The first-order chi connectivity index (χ1) is 21.9. The number of sulfonamides is 1. The van der Waals surface area contributed by atoms with Gasteiger partial charge in [0.05, 0.1) is 10.6 Å². The van der Waals surface area contributed by atoms with Crippen LogP contribution in [-0.4, -0.2) is 43.8 Å². The molecule has 10 heteroatoms. The first-order valence-corrected chi connectivity index (χ1v) is 17.7. The second-order valence-electron chi connectivity index (χ2n) is 11.4. The van der Waals surface area contributed by atoms with Crippen LogP contribution in [0.25, 0.3) is 0 Å². The van der Waals surface area contributed by atoms with E-state index in [1.165, 1.54) is 17.0 Å². The summed E-state index contributed by atoms with van der Waals surface area (Å²) in [6.45, 7) is 7.02. The maximum Gasteiger partial charge on any atom is 0.264 e. The van der Waals surface area contributed by atoms with Crippen LogP contribution in [0.5, 0.6) is 0 Å². The second kappa shape index (κ2) is 15.8. The Hall–Kier alpha value is -3.66. The van der Waals surface area contributed by atoms with E-state index in [0.29, 0.717) is 17.0 Å². The number of carbonyl (C=O) groups excluding carboxylic acids is 2. The molecule has 0 aliphatic carbocycles. The molecule has 0 aliphatic rings. The van der Waals surface area contributed by atoms with Crippen molar-refractivity contribution in [1.29, 1.82) is 0 Å². The third-order valence-electron chi connectivity index (χ3n) is 7.93. The molecule has 2 unspecified atom stereocenters. The second-order valence-corrected chi connectivity index (χ2v) is 14.6. The van der Waals surface area contributed by atoms with E-state index >= 15 is 0 Å². The Balaban J connectivity index is 1.83. The number of hydrogen-bond acceptors (Lipinski definition) is 4. The first-order valence-electron chi connectivity index (χ1n) is 15.1. The number of hydrogen-bond donors (Lipinski definition) is 1. The molecule has 4 aromatic rings. The van der Waals surface area contributed by atoms with Gasteiger partial charge in [0.1, 0.15) is 12.6 Å². The van der Waals surface area contributed by atoms with E-state index in [1.807, 2.05) is 75.4 Å². The quantitative estimate of drug-likeness (QED) is 0.155. The van der Waals surface area contributed by atoms with Crippen LogP contribution in [0, 0.1) is 13.8 Å². The van der Waals surface area contributed by atoms with Gasteiger partial charge in [-0.25, -0.2) is 8.42 Å². The lowest BCUT2D eigenvalue weighted by Gasteiger charge is -2.34. The SMILES string of the molecule is CCC(C)NC(=O)C(Cc1ccccc1)N(Cc1ccc(Br)cc1)C(=O)CN(c1cccc(Cl)c1C)S(=O)(=O)c1ccc(C)cc1. The van der Waals surface area contributed by atoms with Gasteiger partial charge < -0.3 is 10.2 Å². The Labute approximate surface area is 285 Å². The van der Waals surface area contributed by atoms with E-state index in [9.17, 15) is 18.0 Å². The number of amides is 2. The van der Waals surface area contributed by atoms with Crippen molar-refractivity contribution < 1.29 is 18.0 Å². The largest absolute Gasteiger partial charge is 0.352 e. The average Bonchev–Trinajstić information content (AvgIpc) is 3.04. The molecule has 0 bridgehead atoms. The van der Waals surface area contributed by atoms with Crippen molar-refractivity contribution >= 4 is 55.1 Å². The maximum absolute atomic E-state index is 14.6. The molecule has 0 saturated heterocycles. The molecule has 7 nitrogen and oxygen atoms in total. The summed E-state index contributed by atoms with van der Waals surface area (Å²) in [6.07, 6.45) is 0.952. The number of anilines is 1. The van der Waals surface area contributed by atoms with Crippen LogP contribution in [0.4, 0.5) is 5.69 Å². The van der Waals surface area contributed by atoms with Crippen LogP contribution in [0.3, 0.4) is 0 Å². The monoisotopic (exact) mass is 723 g/mol. The number of rotatable bonds is 13. The van der Waals surface area contributed by atoms with Crippen LogP contribution in [0.15, 0.2) is 106 Å². The van der Waals surface area contributed by atoms with Gasteiger partial charge >= 0.3 is 0 Å². The zero-order chi connectivity index (χ0) is 33.4. The van der Waals surface area contributed by atoms with Gasteiger partial charge in [-0.05, 0) is 80.3 Å². The van der Waals surface area contributed by atoms with E-state index in [2.05, 4.69) is 21.2 Å². The molecule has 2 atom stereocenters. The van der Waals surface area contributed by atoms with Crippen LogP contribution >= 0.6 is 27.5 Å². The number of aryl methyl sites for hydroxylation is 1. The summed E-state index contributed by atoms with van der Waals surface area (Å²) in [7, 11) is -4.22. The molecule has 0 spiro atoms. The minimum absolute atomic E-state index is 0.0417. The number of benzene rings is 4. The molecule has 1 N–H and O–H groups in total. The fourth-order valence-corrected chi connectivity index (χ4v) is 6.90. The summed E-state index contributed by atoms with van der Waals surface area (Å²) in [5, 5.41) is 3.42. The lowest BCUT2D eigenvalue weighted by molar-refractivity contribution is -0.140. The van der Waals surface area contributed by atoms with E-state index in [1.54, 1.807) is 37.3 Å². The van der Waals surface area contributed by atoms with Crippen molar-refractivity contribution in [2.45, 2.75) is 64.1 Å². The highest BCUT2D eigenvalue weighted by molar-refractivity contribution is 9.10. The topological polar surface area (TPSA) is 86.8 Å². The zero-order valence-corrected chi connectivity index (χ0v) is 29.6. The summed E-state index contributed by atoms with van der Waals surface area (Å²) in [4.78, 5) is 30.1. The van der Waals surface area contributed by atoms with E-state index in [4.69, 9.17) is 11.6 Å². The molecule has 4 aromatic carbocycles. The third-order valence-corrected chi connectivity index (χ3v) is 10.6. The van der Waals surface area contributed by atoms with E-state index in [-0.39, 0.29) is 35.5 Å². The van der Waals surface area contributed by atoms with Gasteiger partial charge in [0.25, 0.3) is 10.0 Å². The molecule has 242 valence electrons. The molecule has 4 rings (SSSR count). The number of halogens is 2. The van der Waals surface area contributed by atoms with Crippen molar-refractivity contribution in [3.8, 4) is 0 Å². The lowest BCUT2D eigenvalue weighted by atomic mass is 10.0. The zero-order valence-electron chi connectivity index (χ0n) is 26.4. The van der Waals surface area contributed by atoms with E-state index < -0.39 is 28.5 Å². The highest BCUT2D eigenvalue weighted by Gasteiger charge is 2.35. The lowest BCUT2D eigenvalue weighted by Crippen LogP contribution is -2.54. The molecule has 0 radical (unpaired) electrons. The average molecular weight is 725 g/mol. The molecule has 0 saturated carbocycles. The molecule has 46 heavy (non-hydrogen) atoms. The minimum atomic E-state index is -4.22. The van der Waals surface area contributed by atoms with Crippen LogP contribution < -0.4 is 9.62 Å². The summed E-state index contributed by atoms with van der Waals surface area (Å²) in [5.74, 6) is -0.839. The van der Waals surface area contributed by atoms with Crippen LogP contribution in [0.2, 0.25) is 5.02 Å². The Kier molecular flexibility index (Phi) is 12.1. The van der Waals surface area contributed by atoms with Crippen molar-refractivity contribution in [2.75, 3.05) is 10.8 Å². The fourth-order valence-electron chi connectivity index (χ4n) is 5.00. The van der Waals surface area contributed by atoms with E-state index in [0.717, 1.165) is 25.5 Å².